The summed E-state index contributed by atoms with van der Waals surface area (Å²) in [4.78, 5) is 24.9. The second-order valence-electron chi connectivity index (χ2n) is 4.70. The first-order chi connectivity index (χ1) is 8.97. The summed E-state index contributed by atoms with van der Waals surface area (Å²) in [6.07, 6.45) is -0.624. The lowest BCUT2D eigenvalue weighted by Gasteiger charge is -2.11. The number of thiophene rings is 1. The van der Waals surface area contributed by atoms with Crippen LogP contribution in [0.4, 0.5) is 0 Å². The molecule has 1 aliphatic rings. The van der Waals surface area contributed by atoms with Crippen LogP contribution in [-0.2, 0) is 20.9 Å². The van der Waals surface area contributed by atoms with Gasteiger partial charge in [-0.1, -0.05) is 0 Å². The highest BCUT2D eigenvalue weighted by Gasteiger charge is 2.34. The van der Waals surface area contributed by atoms with Crippen LogP contribution in [0.3, 0.4) is 0 Å². The largest absolute Gasteiger partial charge is 0.479 e. The van der Waals surface area contributed by atoms with E-state index in [-0.39, 0.29) is 5.91 Å². The molecule has 2 heterocycles. The van der Waals surface area contributed by atoms with Crippen LogP contribution in [0.1, 0.15) is 28.2 Å². The standard InChI is InChI=1S/C13H17NO4S/c1-7-5-9(19-8(7)2)6-14-12(15)10-3-4-11(18-10)13(16)17/h5,10-11H,3-4,6H2,1-2H3,(H,14,15)(H,16,17)/t10-,11+/m0/s1. The van der Waals surface area contributed by atoms with Gasteiger partial charge in [0.05, 0.1) is 6.54 Å². The van der Waals surface area contributed by atoms with Crippen LogP contribution in [0.25, 0.3) is 0 Å². The molecule has 0 aromatic carbocycles. The van der Waals surface area contributed by atoms with Crippen molar-refractivity contribution in [1.82, 2.24) is 5.32 Å². The molecule has 104 valence electrons. The molecule has 2 N–H and O–H groups in total. The first-order valence-corrected chi connectivity index (χ1v) is 7.01. The molecule has 0 unspecified atom stereocenters. The van der Waals surface area contributed by atoms with E-state index < -0.39 is 18.2 Å². The highest BCUT2D eigenvalue weighted by atomic mass is 32.1. The van der Waals surface area contributed by atoms with E-state index in [1.807, 2.05) is 13.8 Å². The van der Waals surface area contributed by atoms with E-state index in [1.165, 1.54) is 10.4 Å². The molecule has 1 aromatic heterocycles. The van der Waals surface area contributed by atoms with Gasteiger partial charge in [-0.05, 0) is 38.3 Å². The van der Waals surface area contributed by atoms with Gasteiger partial charge in [-0.25, -0.2) is 4.79 Å². The minimum atomic E-state index is -1.00. The van der Waals surface area contributed by atoms with Gasteiger partial charge in [0, 0.05) is 9.75 Å². The molecule has 0 bridgehead atoms. The second kappa shape index (κ2) is 5.71. The van der Waals surface area contributed by atoms with E-state index in [1.54, 1.807) is 11.3 Å². The molecule has 19 heavy (non-hydrogen) atoms. The number of aliphatic carboxylic acids is 1. The highest BCUT2D eigenvalue weighted by Crippen LogP contribution is 2.22. The molecule has 6 heteroatoms. The quantitative estimate of drug-likeness (QED) is 0.880. The Bertz CT molecular complexity index is 477. The van der Waals surface area contributed by atoms with Crippen LogP contribution in [0.5, 0.6) is 0 Å². The number of carboxylic acids is 1. The fourth-order valence-corrected chi connectivity index (χ4v) is 3.03. The fraction of sp³-hybridized carbons (Fsp3) is 0.538. The van der Waals surface area contributed by atoms with Crippen molar-refractivity contribution < 1.29 is 19.4 Å². The Labute approximate surface area is 115 Å². The molecule has 1 aliphatic heterocycles. The average Bonchev–Trinajstić information content (AvgIpc) is 2.95. The Morgan fingerprint density at radius 1 is 1.42 bits per heavy atom. The predicted molar refractivity (Wildman–Crippen MR) is 71.2 cm³/mol. The van der Waals surface area contributed by atoms with Crippen LogP contribution >= 0.6 is 11.3 Å². The number of nitrogens with one attached hydrogen (secondary N) is 1. The second-order valence-corrected chi connectivity index (χ2v) is 6.04. The maximum Gasteiger partial charge on any atom is 0.332 e. The maximum atomic E-state index is 11.9. The molecule has 0 aliphatic carbocycles. The summed E-state index contributed by atoms with van der Waals surface area (Å²) in [5.41, 5.74) is 1.22. The van der Waals surface area contributed by atoms with Gasteiger partial charge < -0.3 is 15.2 Å². The number of ether oxygens (including phenoxy) is 1. The number of carbonyl (C=O) groups is 2. The topological polar surface area (TPSA) is 75.6 Å². The Morgan fingerprint density at radius 2 is 2.11 bits per heavy atom. The van der Waals surface area contributed by atoms with Crippen molar-refractivity contribution in [3.05, 3.63) is 21.4 Å². The number of hydrogen-bond donors (Lipinski definition) is 2. The van der Waals surface area contributed by atoms with Crippen molar-refractivity contribution in [2.75, 3.05) is 0 Å². The minimum Gasteiger partial charge on any atom is -0.479 e. The maximum absolute atomic E-state index is 11.9. The first kappa shape index (κ1) is 14.0. The van der Waals surface area contributed by atoms with Crippen molar-refractivity contribution in [3.63, 3.8) is 0 Å². The van der Waals surface area contributed by atoms with Gasteiger partial charge in [-0.2, -0.15) is 0 Å². The molecule has 1 amide bonds. The zero-order valence-electron chi connectivity index (χ0n) is 10.9. The van der Waals surface area contributed by atoms with E-state index in [9.17, 15) is 9.59 Å². The molecule has 2 atom stereocenters. The fourth-order valence-electron chi connectivity index (χ4n) is 2.04. The number of carbonyl (C=O) groups excluding carboxylic acids is 1. The summed E-state index contributed by atoms with van der Waals surface area (Å²) < 4.78 is 5.19. The van der Waals surface area contributed by atoms with Crippen molar-refractivity contribution in [1.29, 1.82) is 0 Å². The summed E-state index contributed by atoms with van der Waals surface area (Å²) >= 11 is 1.65. The summed E-state index contributed by atoms with van der Waals surface area (Å²) in [5, 5.41) is 11.6. The minimum absolute atomic E-state index is 0.229. The Hall–Kier alpha value is -1.40. The third-order valence-corrected chi connectivity index (χ3v) is 4.39. The summed E-state index contributed by atoms with van der Waals surface area (Å²) in [6, 6.07) is 2.05. The van der Waals surface area contributed by atoms with E-state index in [2.05, 4.69) is 11.4 Å². The third kappa shape index (κ3) is 3.33. The van der Waals surface area contributed by atoms with E-state index in [4.69, 9.17) is 9.84 Å². The lowest BCUT2D eigenvalue weighted by atomic mass is 10.2. The number of carboxylic acid groups (broad SMARTS) is 1. The van der Waals surface area contributed by atoms with E-state index >= 15 is 0 Å². The van der Waals surface area contributed by atoms with Gasteiger partial charge in [-0.3, -0.25) is 4.79 Å². The van der Waals surface area contributed by atoms with Gasteiger partial charge in [0.15, 0.2) is 6.10 Å². The predicted octanol–water partition coefficient (Wildman–Crippen LogP) is 1.61. The number of hydrogen-bond acceptors (Lipinski definition) is 4. The van der Waals surface area contributed by atoms with Crippen molar-refractivity contribution in [2.45, 2.75) is 45.4 Å². The van der Waals surface area contributed by atoms with E-state index in [0.717, 1.165) is 4.88 Å². The van der Waals surface area contributed by atoms with Gasteiger partial charge in [0.1, 0.15) is 6.10 Å². The molecule has 5 nitrogen and oxygen atoms in total. The van der Waals surface area contributed by atoms with Crippen LogP contribution in [0.2, 0.25) is 0 Å². The molecular weight excluding hydrogens is 266 g/mol. The molecule has 0 saturated carbocycles. The number of aryl methyl sites for hydroxylation is 2. The highest BCUT2D eigenvalue weighted by molar-refractivity contribution is 7.12. The lowest BCUT2D eigenvalue weighted by Crippen LogP contribution is -2.35. The third-order valence-electron chi connectivity index (χ3n) is 3.24. The molecule has 0 radical (unpaired) electrons. The van der Waals surface area contributed by atoms with Gasteiger partial charge in [0.2, 0.25) is 5.91 Å². The Balaban J connectivity index is 1.83. The lowest BCUT2D eigenvalue weighted by molar-refractivity contribution is -0.151. The summed E-state index contributed by atoms with van der Waals surface area (Å²) in [5.74, 6) is -1.23. The molecular formula is C13H17NO4S. The van der Waals surface area contributed by atoms with Crippen LogP contribution in [0, 0.1) is 13.8 Å². The Morgan fingerprint density at radius 3 is 2.63 bits per heavy atom. The van der Waals surface area contributed by atoms with Crippen LogP contribution < -0.4 is 5.32 Å². The first-order valence-electron chi connectivity index (χ1n) is 6.19. The number of amides is 1. The monoisotopic (exact) mass is 283 g/mol. The molecule has 0 spiro atoms. The molecule has 1 saturated heterocycles. The van der Waals surface area contributed by atoms with Gasteiger partial charge >= 0.3 is 5.97 Å². The van der Waals surface area contributed by atoms with Crippen molar-refractivity contribution in [3.8, 4) is 0 Å². The normalized spacial score (nSPS) is 22.4. The molecule has 1 aromatic rings. The average molecular weight is 283 g/mol. The van der Waals surface area contributed by atoms with Crippen molar-refractivity contribution >= 4 is 23.2 Å². The van der Waals surface area contributed by atoms with Crippen LogP contribution in [0.15, 0.2) is 6.07 Å². The Kier molecular flexibility index (Phi) is 4.21. The molecule has 2 rings (SSSR count). The van der Waals surface area contributed by atoms with Crippen LogP contribution in [-0.4, -0.2) is 29.2 Å². The van der Waals surface area contributed by atoms with Gasteiger partial charge in [-0.15, -0.1) is 11.3 Å². The number of rotatable bonds is 4. The van der Waals surface area contributed by atoms with Gasteiger partial charge in [0.25, 0.3) is 0 Å². The zero-order chi connectivity index (χ0) is 14.0. The SMILES string of the molecule is Cc1cc(CNC(=O)[C@@H]2CC[C@H](C(=O)O)O2)sc1C. The molecule has 1 fully saturated rings. The van der Waals surface area contributed by atoms with E-state index in [0.29, 0.717) is 19.4 Å². The summed E-state index contributed by atoms with van der Waals surface area (Å²) in [6.45, 7) is 4.55. The smallest absolute Gasteiger partial charge is 0.332 e. The zero-order valence-corrected chi connectivity index (χ0v) is 11.8. The van der Waals surface area contributed by atoms with Crippen molar-refractivity contribution in [2.24, 2.45) is 0 Å². The summed E-state index contributed by atoms with van der Waals surface area (Å²) in [7, 11) is 0.